The topological polar surface area (TPSA) is 94.0 Å². The predicted octanol–water partition coefficient (Wildman–Crippen LogP) is 4.66. The molecule has 0 aliphatic rings. The van der Waals surface area contributed by atoms with Crippen molar-refractivity contribution >= 4 is 16.9 Å². The number of carbonyl (C=O) groups is 1. The van der Waals surface area contributed by atoms with E-state index in [0.29, 0.717) is 18.1 Å². The Morgan fingerprint density at radius 2 is 2.03 bits per heavy atom. The van der Waals surface area contributed by atoms with Crippen molar-refractivity contribution in [2.75, 3.05) is 0 Å². The summed E-state index contributed by atoms with van der Waals surface area (Å²) in [5.41, 5.74) is 4.73. The van der Waals surface area contributed by atoms with Crippen LogP contribution < -0.4 is 0 Å². The maximum Gasteiger partial charge on any atom is 0.303 e. The Bertz CT molecular complexity index is 1190. The molecule has 0 fully saturated rings. The molecule has 0 aliphatic heterocycles. The number of aliphatic carboxylic acids is 1. The minimum absolute atomic E-state index is 0.112. The van der Waals surface area contributed by atoms with Crippen LogP contribution in [0.3, 0.4) is 0 Å². The highest BCUT2D eigenvalue weighted by Crippen LogP contribution is 2.28. The zero-order valence-corrected chi connectivity index (χ0v) is 16.6. The molecule has 7 nitrogen and oxygen atoms in total. The van der Waals surface area contributed by atoms with Gasteiger partial charge in [-0.2, -0.15) is 10.1 Å². The van der Waals surface area contributed by atoms with Gasteiger partial charge in [-0.05, 0) is 56.5 Å². The minimum atomic E-state index is -0.801. The average Bonchev–Trinajstić information content (AvgIpc) is 3.33. The van der Waals surface area contributed by atoms with E-state index >= 15 is 0 Å². The molecule has 7 heteroatoms. The first kappa shape index (κ1) is 18.9. The molecule has 0 spiro atoms. The van der Waals surface area contributed by atoms with E-state index in [2.05, 4.69) is 29.1 Å². The van der Waals surface area contributed by atoms with Gasteiger partial charge < -0.3 is 9.63 Å². The highest BCUT2D eigenvalue weighted by Gasteiger charge is 2.15. The molecule has 4 aromatic rings. The molecule has 0 radical (unpaired) electrons. The van der Waals surface area contributed by atoms with Gasteiger partial charge in [0.05, 0.1) is 11.7 Å². The van der Waals surface area contributed by atoms with Crippen LogP contribution in [-0.2, 0) is 11.2 Å². The monoisotopic (exact) mass is 390 g/mol. The molecule has 1 N–H and O–H groups in total. The van der Waals surface area contributed by atoms with Crippen molar-refractivity contribution in [2.24, 2.45) is 0 Å². The van der Waals surface area contributed by atoms with E-state index in [1.54, 1.807) is 0 Å². The fourth-order valence-electron chi connectivity index (χ4n) is 3.43. The fraction of sp³-hybridized carbons (Fsp3) is 0.273. The minimum Gasteiger partial charge on any atom is -0.481 e. The van der Waals surface area contributed by atoms with Crippen LogP contribution in [0.4, 0.5) is 0 Å². The summed E-state index contributed by atoms with van der Waals surface area (Å²) in [4.78, 5) is 15.3. The quantitative estimate of drug-likeness (QED) is 0.515. The van der Waals surface area contributed by atoms with Crippen LogP contribution >= 0.6 is 0 Å². The van der Waals surface area contributed by atoms with Gasteiger partial charge >= 0.3 is 5.97 Å². The molecule has 4 rings (SSSR count). The number of hydrogen-bond donors (Lipinski definition) is 1. The first-order valence-corrected chi connectivity index (χ1v) is 9.55. The lowest BCUT2D eigenvalue weighted by atomic mass is 10.0. The van der Waals surface area contributed by atoms with E-state index in [4.69, 9.17) is 9.63 Å². The number of hydrogen-bond acceptors (Lipinski definition) is 5. The van der Waals surface area contributed by atoms with Crippen molar-refractivity contribution in [3.05, 3.63) is 53.7 Å². The van der Waals surface area contributed by atoms with Gasteiger partial charge in [-0.3, -0.25) is 9.48 Å². The van der Waals surface area contributed by atoms with Crippen molar-refractivity contribution in [1.82, 2.24) is 19.9 Å². The molecule has 0 aliphatic carbocycles. The van der Waals surface area contributed by atoms with E-state index in [1.165, 1.54) is 0 Å². The van der Waals surface area contributed by atoms with Gasteiger partial charge in [-0.1, -0.05) is 23.4 Å². The molecular weight excluding hydrogens is 368 g/mol. The lowest BCUT2D eigenvalue weighted by Crippen LogP contribution is -2.01. The summed E-state index contributed by atoms with van der Waals surface area (Å²) in [7, 11) is 0. The molecule has 0 unspecified atom stereocenters. The summed E-state index contributed by atoms with van der Waals surface area (Å²) >= 11 is 0. The molecule has 2 aromatic carbocycles. The van der Waals surface area contributed by atoms with Crippen LogP contribution in [0.15, 0.2) is 47.1 Å². The second-order valence-corrected chi connectivity index (χ2v) is 7.42. The number of benzene rings is 2. The molecule has 0 atom stereocenters. The Hall–Kier alpha value is -3.48. The largest absolute Gasteiger partial charge is 0.481 e. The molecular formula is C22H22N4O3. The van der Waals surface area contributed by atoms with Crippen LogP contribution in [0.2, 0.25) is 0 Å². The maximum atomic E-state index is 10.8. The summed E-state index contributed by atoms with van der Waals surface area (Å²) in [6.45, 7) is 6.15. The fourth-order valence-corrected chi connectivity index (χ4v) is 3.43. The molecule has 29 heavy (non-hydrogen) atoms. The number of rotatable bonds is 6. The highest BCUT2D eigenvalue weighted by molar-refractivity contribution is 5.83. The number of aromatic nitrogens is 4. The van der Waals surface area contributed by atoms with E-state index in [1.807, 2.05) is 54.2 Å². The van der Waals surface area contributed by atoms with Crippen molar-refractivity contribution in [1.29, 1.82) is 0 Å². The molecule has 0 amide bonds. The highest BCUT2D eigenvalue weighted by atomic mass is 16.5. The Morgan fingerprint density at radius 3 is 2.76 bits per heavy atom. The first-order chi connectivity index (χ1) is 13.9. The molecule has 0 saturated heterocycles. The van der Waals surface area contributed by atoms with Crippen LogP contribution in [0.1, 0.15) is 37.4 Å². The van der Waals surface area contributed by atoms with E-state index < -0.39 is 5.97 Å². The van der Waals surface area contributed by atoms with Crippen molar-refractivity contribution in [3.8, 4) is 22.8 Å². The third kappa shape index (κ3) is 3.76. The molecule has 2 aromatic heterocycles. The SMILES string of the molecule is Cc1cc(CCC(=O)O)ccc1-c1noc(-c2ccc3c(cnn3C(C)C)c2)n1. The lowest BCUT2D eigenvalue weighted by molar-refractivity contribution is -0.136. The number of fused-ring (bicyclic) bond motifs is 1. The summed E-state index contributed by atoms with van der Waals surface area (Å²) in [6, 6.07) is 12.1. The van der Waals surface area contributed by atoms with Crippen LogP contribution in [0.25, 0.3) is 33.7 Å². The molecule has 0 bridgehead atoms. The number of aryl methyl sites for hydroxylation is 2. The smallest absolute Gasteiger partial charge is 0.303 e. The predicted molar refractivity (Wildman–Crippen MR) is 110 cm³/mol. The molecule has 0 saturated carbocycles. The average molecular weight is 390 g/mol. The summed E-state index contributed by atoms with van der Waals surface area (Å²) in [5, 5.41) is 18.4. The lowest BCUT2D eigenvalue weighted by Gasteiger charge is -2.06. The normalized spacial score (nSPS) is 11.4. The van der Waals surface area contributed by atoms with Gasteiger partial charge in [0.1, 0.15) is 0 Å². The Balaban J connectivity index is 1.61. The Kier molecular flexibility index (Phi) is 4.88. The van der Waals surface area contributed by atoms with Gasteiger partial charge in [0, 0.05) is 29.0 Å². The number of nitrogens with zero attached hydrogens (tertiary/aromatic N) is 4. The second kappa shape index (κ2) is 7.50. The third-order valence-corrected chi connectivity index (χ3v) is 4.92. The van der Waals surface area contributed by atoms with E-state index in [-0.39, 0.29) is 12.5 Å². The van der Waals surface area contributed by atoms with E-state index in [0.717, 1.165) is 33.2 Å². The zero-order valence-electron chi connectivity index (χ0n) is 16.6. The maximum absolute atomic E-state index is 10.8. The summed E-state index contributed by atoms with van der Waals surface area (Å²) < 4.78 is 7.49. The standard InChI is InChI=1S/C22H22N4O3/c1-13(2)26-19-8-6-16(11-17(19)12-23-26)22-24-21(25-29-22)18-7-4-15(10-14(18)3)5-9-20(27)28/h4,6-8,10-13H,5,9H2,1-3H3,(H,27,28). The van der Waals surface area contributed by atoms with E-state index in [9.17, 15) is 4.79 Å². The van der Waals surface area contributed by atoms with Gasteiger partial charge in [-0.15, -0.1) is 0 Å². The summed E-state index contributed by atoms with van der Waals surface area (Å²) in [5.74, 6) is 0.166. The number of carboxylic acid groups (broad SMARTS) is 1. The van der Waals surface area contributed by atoms with Crippen LogP contribution in [-0.4, -0.2) is 31.0 Å². The van der Waals surface area contributed by atoms with Crippen molar-refractivity contribution in [2.45, 2.75) is 39.7 Å². The molecule has 148 valence electrons. The van der Waals surface area contributed by atoms with Gasteiger partial charge in [0.25, 0.3) is 5.89 Å². The zero-order chi connectivity index (χ0) is 20.5. The summed E-state index contributed by atoms with van der Waals surface area (Å²) in [6.07, 6.45) is 2.45. The van der Waals surface area contributed by atoms with Gasteiger partial charge in [0.15, 0.2) is 0 Å². The molecule has 2 heterocycles. The van der Waals surface area contributed by atoms with Crippen LogP contribution in [0.5, 0.6) is 0 Å². The van der Waals surface area contributed by atoms with Gasteiger partial charge in [-0.25, -0.2) is 0 Å². The number of carboxylic acids is 1. The third-order valence-electron chi connectivity index (χ3n) is 4.92. The Labute approximate surface area is 168 Å². The van der Waals surface area contributed by atoms with Gasteiger partial charge in [0.2, 0.25) is 5.82 Å². The second-order valence-electron chi connectivity index (χ2n) is 7.42. The Morgan fingerprint density at radius 1 is 1.21 bits per heavy atom. The first-order valence-electron chi connectivity index (χ1n) is 9.55. The van der Waals surface area contributed by atoms with Crippen LogP contribution in [0, 0.1) is 6.92 Å². The van der Waals surface area contributed by atoms with Crippen molar-refractivity contribution < 1.29 is 14.4 Å². The van der Waals surface area contributed by atoms with Crippen molar-refractivity contribution in [3.63, 3.8) is 0 Å².